The molecule has 1 heterocycles. The Labute approximate surface area is 167 Å². The van der Waals surface area contributed by atoms with Gasteiger partial charge in [-0.05, 0) is 38.5 Å². The van der Waals surface area contributed by atoms with E-state index in [1.54, 1.807) is 31.2 Å². The molecule has 0 unspecified atom stereocenters. The van der Waals surface area contributed by atoms with Gasteiger partial charge in [0.25, 0.3) is 5.91 Å². The lowest BCUT2D eigenvalue weighted by Gasteiger charge is -2.11. The summed E-state index contributed by atoms with van der Waals surface area (Å²) in [5.74, 6) is -0.831. The van der Waals surface area contributed by atoms with Crippen molar-refractivity contribution in [3.05, 3.63) is 82.1 Å². The van der Waals surface area contributed by atoms with Crippen LogP contribution in [0.15, 0.2) is 53.1 Å². The van der Waals surface area contributed by atoms with Crippen LogP contribution in [0.3, 0.4) is 0 Å². The Hall–Kier alpha value is -3.74. The maximum Gasteiger partial charge on any atom is 0.339 e. The highest BCUT2D eigenvalue weighted by Crippen LogP contribution is 2.19. The minimum absolute atomic E-state index is 0.100. The molecule has 0 fully saturated rings. The lowest BCUT2D eigenvalue weighted by atomic mass is 9.94. The Morgan fingerprint density at radius 1 is 0.966 bits per heavy atom. The number of rotatable bonds is 6. The number of ether oxygens (including phenoxy) is 1. The van der Waals surface area contributed by atoms with Crippen molar-refractivity contribution in [1.29, 1.82) is 0 Å². The molecule has 7 heteroatoms. The average molecular weight is 392 g/mol. The second-order valence-electron chi connectivity index (χ2n) is 6.64. The zero-order valence-electron chi connectivity index (χ0n) is 16.3. The maximum absolute atomic E-state index is 13.0. The minimum Gasteiger partial charge on any atom is -0.452 e. The molecule has 1 amide bonds. The van der Waals surface area contributed by atoms with Crippen LogP contribution >= 0.6 is 0 Å². The van der Waals surface area contributed by atoms with Crippen LogP contribution in [-0.2, 0) is 9.53 Å². The second-order valence-corrected chi connectivity index (χ2v) is 6.64. The van der Waals surface area contributed by atoms with Crippen LogP contribution in [0, 0.1) is 20.8 Å². The molecule has 0 saturated carbocycles. The number of carbonyl (C=O) groups excluding carboxylic acids is 3. The monoisotopic (exact) mass is 392 g/mol. The smallest absolute Gasteiger partial charge is 0.339 e. The first kappa shape index (κ1) is 20.0. The van der Waals surface area contributed by atoms with Crippen LogP contribution in [0.1, 0.15) is 43.2 Å². The highest BCUT2D eigenvalue weighted by molar-refractivity contribution is 6.15. The van der Waals surface area contributed by atoms with Crippen molar-refractivity contribution in [2.75, 3.05) is 11.9 Å². The zero-order chi connectivity index (χ0) is 21.0. The van der Waals surface area contributed by atoms with Crippen molar-refractivity contribution in [2.45, 2.75) is 20.8 Å². The van der Waals surface area contributed by atoms with E-state index in [-0.39, 0.29) is 22.7 Å². The molecule has 2 aromatic carbocycles. The molecule has 3 rings (SSSR count). The fraction of sp³-hybridized carbons (Fsp3) is 0.182. The van der Waals surface area contributed by atoms with E-state index >= 15 is 0 Å². The van der Waals surface area contributed by atoms with Gasteiger partial charge in [0.15, 0.2) is 18.2 Å². The van der Waals surface area contributed by atoms with Crippen molar-refractivity contribution in [2.24, 2.45) is 0 Å². The third-order valence-electron chi connectivity index (χ3n) is 4.26. The summed E-state index contributed by atoms with van der Waals surface area (Å²) in [7, 11) is 0. The van der Waals surface area contributed by atoms with Crippen molar-refractivity contribution < 1.29 is 23.6 Å². The number of nitrogens with one attached hydrogen (secondary N) is 1. The van der Waals surface area contributed by atoms with Gasteiger partial charge in [-0.3, -0.25) is 9.59 Å². The van der Waals surface area contributed by atoms with Crippen molar-refractivity contribution in [1.82, 2.24) is 5.16 Å². The Morgan fingerprint density at radius 3 is 2.38 bits per heavy atom. The van der Waals surface area contributed by atoms with Gasteiger partial charge in [-0.1, -0.05) is 41.1 Å². The molecule has 1 aromatic heterocycles. The third-order valence-corrected chi connectivity index (χ3v) is 4.26. The average Bonchev–Trinajstić information content (AvgIpc) is 3.12. The Balaban J connectivity index is 1.74. The molecule has 0 spiro atoms. The van der Waals surface area contributed by atoms with Crippen LogP contribution in [0.2, 0.25) is 0 Å². The first-order chi connectivity index (χ1) is 13.8. The summed E-state index contributed by atoms with van der Waals surface area (Å²) in [6.45, 7) is 4.90. The number of nitrogens with zero attached hydrogens (tertiary/aromatic N) is 1. The molecule has 29 heavy (non-hydrogen) atoms. The van der Waals surface area contributed by atoms with Gasteiger partial charge < -0.3 is 14.6 Å². The predicted octanol–water partition coefficient (Wildman–Crippen LogP) is 3.63. The van der Waals surface area contributed by atoms with Crippen molar-refractivity contribution in [3.8, 4) is 0 Å². The molecule has 0 atom stereocenters. The molecule has 0 aliphatic rings. The summed E-state index contributed by atoms with van der Waals surface area (Å²) in [6.07, 6.45) is 0. The van der Waals surface area contributed by atoms with Crippen molar-refractivity contribution in [3.63, 3.8) is 0 Å². The van der Waals surface area contributed by atoms with Crippen LogP contribution < -0.4 is 5.32 Å². The molecule has 3 aromatic rings. The van der Waals surface area contributed by atoms with Crippen LogP contribution in [0.4, 0.5) is 5.82 Å². The quantitative estimate of drug-likeness (QED) is 0.508. The fourth-order valence-electron chi connectivity index (χ4n) is 2.80. The van der Waals surface area contributed by atoms with E-state index in [0.717, 1.165) is 11.1 Å². The number of aryl methyl sites for hydroxylation is 3. The molecule has 0 aliphatic heterocycles. The Kier molecular flexibility index (Phi) is 5.87. The normalized spacial score (nSPS) is 10.4. The number of amides is 1. The van der Waals surface area contributed by atoms with E-state index < -0.39 is 18.5 Å². The highest BCUT2D eigenvalue weighted by Gasteiger charge is 2.21. The molecule has 7 nitrogen and oxygen atoms in total. The van der Waals surface area contributed by atoms with E-state index in [1.807, 2.05) is 26.0 Å². The standard InChI is InChI=1S/C22H20N2O5/c1-13-8-9-14(2)18(10-13)21(26)16-6-4-5-7-17(16)22(27)28-12-20(25)23-19-11-15(3)29-24-19/h4-11H,12H2,1-3H3,(H,23,24,25). The minimum atomic E-state index is -0.759. The van der Waals surface area contributed by atoms with Gasteiger partial charge >= 0.3 is 5.97 Å². The van der Waals surface area contributed by atoms with Gasteiger partial charge in [0, 0.05) is 17.2 Å². The summed E-state index contributed by atoms with van der Waals surface area (Å²) in [5, 5.41) is 6.09. The number of esters is 1. The van der Waals surface area contributed by atoms with Crippen LogP contribution in [-0.4, -0.2) is 29.4 Å². The number of aromatic nitrogens is 1. The summed E-state index contributed by atoms with van der Waals surface area (Å²) in [6, 6.07) is 13.5. The van der Waals surface area contributed by atoms with E-state index in [9.17, 15) is 14.4 Å². The van der Waals surface area contributed by atoms with Crippen LogP contribution in [0.5, 0.6) is 0 Å². The van der Waals surface area contributed by atoms with Gasteiger partial charge in [0.05, 0.1) is 5.56 Å². The molecule has 148 valence electrons. The third kappa shape index (κ3) is 4.76. The largest absolute Gasteiger partial charge is 0.452 e. The first-order valence-corrected chi connectivity index (χ1v) is 8.96. The number of hydrogen-bond donors (Lipinski definition) is 1. The van der Waals surface area contributed by atoms with E-state index in [0.29, 0.717) is 11.3 Å². The molecule has 0 aliphatic carbocycles. The highest BCUT2D eigenvalue weighted by atomic mass is 16.5. The summed E-state index contributed by atoms with van der Waals surface area (Å²) in [4.78, 5) is 37.5. The first-order valence-electron chi connectivity index (χ1n) is 8.96. The van der Waals surface area contributed by atoms with E-state index in [2.05, 4.69) is 10.5 Å². The molecule has 0 bridgehead atoms. The Bertz CT molecular complexity index is 1080. The molecular weight excluding hydrogens is 372 g/mol. The zero-order valence-corrected chi connectivity index (χ0v) is 16.3. The summed E-state index contributed by atoms with van der Waals surface area (Å²) in [5.41, 5.74) is 2.59. The number of benzene rings is 2. The molecular formula is C22H20N2O5. The predicted molar refractivity (Wildman–Crippen MR) is 106 cm³/mol. The summed E-state index contributed by atoms with van der Waals surface area (Å²) < 4.78 is 9.94. The molecule has 1 N–H and O–H groups in total. The Morgan fingerprint density at radius 2 is 1.69 bits per heavy atom. The fourth-order valence-corrected chi connectivity index (χ4v) is 2.80. The van der Waals surface area contributed by atoms with Crippen molar-refractivity contribution >= 4 is 23.5 Å². The molecule has 0 radical (unpaired) electrons. The van der Waals surface area contributed by atoms with Gasteiger partial charge in [-0.25, -0.2) is 4.79 Å². The van der Waals surface area contributed by atoms with Gasteiger partial charge in [-0.2, -0.15) is 0 Å². The molecule has 0 saturated heterocycles. The summed E-state index contributed by atoms with van der Waals surface area (Å²) >= 11 is 0. The lowest BCUT2D eigenvalue weighted by Crippen LogP contribution is -2.22. The second kappa shape index (κ2) is 8.52. The van der Waals surface area contributed by atoms with Gasteiger partial charge in [-0.15, -0.1) is 0 Å². The SMILES string of the molecule is Cc1ccc(C)c(C(=O)c2ccccc2C(=O)OCC(=O)Nc2cc(C)on2)c1. The number of hydrogen-bond acceptors (Lipinski definition) is 6. The van der Waals surface area contributed by atoms with E-state index in [1.165, 1.54) is 12.1 Å². The topological polar surface area (TPSA) is 98.5 Å². The number of anilines is 1. The number of ketones is 1. The maximum atomic E-state index is 13.0. The van der Waals surface area contributed by atoms with Gasteiger partial charge in [0.1, 0.15) is 5.76 Å². The number of carbonyl (C=O) groups is 3. The van der Waals surface area contributed by atoms with Crippen LogP contribution in [0.25, 0.3) is 0 Å². The van der Waals surface area contributed by atoms with E-state index in [4.69, 9.17) is 9.26 Å². The lowest BCUT2D eigenvalue weighted by molar-refractivity contribution is -0.119. The van der Waals surface area contributed by atoms with Gasteiger partial charge in [0.2, 0.25) is 0 Å².